The zero-order chi connectivity index (χ0) is 14.7. The van der Waals surface area contributed by atoms with Crippen LogP contribution in [-0.2, 0) is 0 Å². The lowest BCUT2D eigenvalue weighted by Gasteiger charge is -2.15. The Morgan fingerprint density at radius 1 is 0.750 bits per heavy atom. The molecule has 0 heterocycles. The molecule has 0 saturated heterocycles. The van der Waals surface area contributed by atoms with E-state index in [1.807, 2.05) is 64.1 Å². The van der Waals surface area contributed by atoms with Crippen molar-refractivity contribution in [2.45, 2.75) is 27.7 Å². The Labute approximate surface area is 120 Å². The molecule has 0 bridgehead atoms. The zero-order valence-corrected chi connectivity index (χ0v) is 12.3. The van der Waals surface area contributed by atoms with Gasteiger partial charge in [-0.05, 0) is 62.1 Å². The second-order valence-corrected chi connectivity index (χ2v) is 4.94. The van der Waals surface area contributed by atoms with Gasteiger partial charge in [0.15, 0.2) is 0 Å². The molecule has 0 amide bonds. The van der Waals surface area contributed by atoms with Gasteiger partial charge in [0.2, 0.25) is 0 Å². The van der Waals surface area contributed by atoms with Gasteiger partial charge < -0.3 is 14.3 Å². The van der Waals surface area contributed by atoms with Gasteiger partial charge in [-0.3, -0.25) is 0 Å². The molecule has 0 atom stereocenters. The molecule has 3 nitrogen and oxygen atoms in total. The normalized spacial score (nSPS) is 10.2. The minimum Gasteiger partial charge on any atom is -0.501 e. The van der Waals surface area contributed by atoms with Crippen LogP contribution in [0.3, 0.4) is 0 Å². The molecule has 2 rings (SSSR count). The third-order valence-electron chi connectivity index (χ3n) is 3.57. The molecular formula is C16H19BO3. The fourth-order valence-corrected chi connectivity index (χ4v) is 1.94. The molecular weight excluding hydrogens is 251 g/mol. The standard InChI is InChI=1S/C16H19BO3/c1-11-7-5-9-15(13(11)3)19-17(18)20-16-10-6-8-12(2)14(16)4/h5-10,18H,1-4H3. The van der Waals surface area contributed by atoms with Gasteiger partial charge in [0.25, 0.3) is 0 Å². The Bertz CT molecular complexity index is 557. The van der Waals surface area contributed by atoms with Gasteiger partial charge in [0.1, 0.15) is 11.5 Å². The first kappa shape index (κ1) is 14.5. The molecule has 0 saturated carbocycles. The maximum absolute atomic E-state index is 9.94. The molecule has 0 spiro atoms. The molecule has 0 radical (unpaired) electrons. The molecule has 4 heteroatoms. The maximum Gasteiger partial charge on any atom is 0.785 e. The second-order valence-electron chi connectivity index (χ2n) is 4.94. The summed E-state index contributed by atoms with van der Waals surface area (Å²) in [7, 11) is -1.32. The average molecular weight is 270 g/mol. The van der Waals surface area contributed by atoms with Crippen LogP contribution in [0.5, 0.6) is 11.5 Å². The van der Waals surface area contributed by atoms with Crippen LogP contribution >= 0.6 is 0 Å². The largest absolute Gasteiger partial charge is 0.785 e. The first-order valence-electron chi connectivity index (χ1n) is 6.63. The number of rotatable bonds is 4. The summed E-state index contributed by atoms with van der Waals surface area (Å²) in [5, 5.41) is 9.94. The first-order valence-corrected chi connectivity index (χ1v) is 6.63. The van der Waals surface area contributed by atoms with Gasteiger partial charge in [-0.1, -0.05) is 24.3 Å². The van der Waals surface area contributed by atoms with Crippen molar-refractivity contribution in [2.24, 2.45) is 0 Å². The van der Waals surface area contributed by atoms with Crippen LogP contribution in [0, 0.1) is 27.7 Å². The van der Waals surface area contributed by atoms with Crippen LogP contribution in [0.25, 0.3) is 0 Å². The quantitative estimate of drug-likeness (QED) is 0.866. The first-order chi connectivity index (χ1) is 9.49. The molecule has 0 aliphatic heterocycles. The lowest BCUT2D eigenvalue weighted by molar-refractivity contribution is 0.296. The van der Waals surface area contributed by atoms with Crippen molar-refractivity contribution in [1.82, 2.24) is 0 Å². The van der Waals surface area contributed by atoms with E-state index in [-0.39, 0.29) is 0 Å². The highest BCUT2D eigenvalue weighted by atomic mass is 16.7. The smallest absolute Gasteiger partial charge is 0.501 e. The van der Waals surface area contributed by atoms with Crippen molar-refractivity contribution in [3.8, 4) is 11.5 Å². The van der Waals surface area contributed by atoms with E-state index in [9.17, 15) is 5.02 Å². The summed E-state index contributed by atoms with van der Waals surface area (Å²) in [4.78, 5) is 0. The summed E-state index contributed by atoms with van der Waals surface area (Å²) in [6, 6.07) is 11.4. The van der Waals surface area contributed by atoms with Crippen molar-refractivity contribution in [3.05, 3.63) is 58.7 Å². The highest BCUT2D eigenvalue weighted by Gasteiger charge is 2.23. The van der Waals surface area contributed by atoms with E-state index in [0.29, 0.717) is 11.5 Å². The predicted octanol–water partition coefficient (Wildman–Crippen LogP) is 3.36. The number of aryl methyl sites for hydroxylation is 2. The van der Waals surface area contributed by atoms with E-state index in [1.165, 1.54) is 0 Å². The SMILES string of the molecule is Cc1cccc(OB(O)Oc2cccc(C)c2C)c1C. The molecule has 104 valence electrons. The summed E-state index contributed by atoms with van der Waals surface area (Å²) < 4.78 is 10.9. The molecule has 0 aromatic heterocycles. The molecule has 2 aromatic rings. The third-order valence-corrected chi connectivity index (χ3v) is 3.57. The van der Waals surface area contributed by atoms with E-state index in [4.69, 9.17) is 9.31 Å². The molecule has 0 fully saturated rings. The maximum atomic E-state index is 9.94. The second kappa shape index (κ2) is 6.01. The molecule has 20 heavy (non-hydrogen) atoms. The van der Waals surface area contributed by atoms with Gasteiger partial charge in [0.05, 0.1) is 0 Å². The Morgan fingerprint density at radius 2 is 1.15 bits per heavy atom. The van der Waals surface area contributed by atoms with Crippen molar-refractivity contribution in [3.63, 3.8) is 0 Å². The average Bonchev–Trinajstić information content (AvgIpc) is 2.40. The topological polar surface area (TPSA) is 38.7 Å². The Balaban J connectivity index is 2.11. The third kappa shape index (κ3) is 3.14. The Hall–Kier alpha value is -1.94. The van der Waals surface area contributed by atoms with Gasteiger partial charge >= 0.3 is 7.32 Å². The van der Waals surface area contributed by atoms with Crippen LogP contribution < -0.4 is 9.31 Å². The van der Waals surface area contributed by atoms with Gasteiger partial charge in [-0.15, -0.1) is 0 Å². The summed E-state index contributed by atoms with van der Waals surface area (Å²) >= 11 is 0. The molecule has 0 aliphatic carbocycles. The van der Waals surface area contributed by atoms with Crippen LogP contribution in [0.1, 0.15) is 22.3 Å². The van der Waals surface area contributed by atoms with Crippen LogP contribution in [-0.4, -0.2) is 12.3 Å². The summed E-state index contributed by atoms with van der Waals surface area (Å²) in [6.45, 7) is 7.91. The number of hydrogen-bond donors (Lipinski definition) is 1. The van der Waals surface area contributed by atoms with Crippen LogP contribution in [0.15, 0.2) is 36.4 Å². The molecule has 2 aromatic carbocycles. The lowest BCUT2D eigenvalue weighted by atomic mass is 10.1. The fourth-order valence-electron chi connectivity index (χ4n) is 1.94. The highest BCUT2D eigenvalue weighted by molar-refractivity contribution is 6.36. The van der Waals surface area contributed by atoms with Crippen molar-refractivity contribution < 1.29 is 14.3 Å². The fraction of sp³-hybridized carbons (Fsp3) is 0.250. The number of hydrogen-bond acceptors (Lipinski definition) is 3. The molecule has 0 unspecified atom stereocenters. The van der Waals surface area contributed by atoms with E-state index in [1.54, 1.807) is 0 Å². The molecule has 1 N–H and O–H groups in total. The summed E-state index contributed by atoms with van der Waals surface area (Å²) in [5.41, 5.74) is 4.22. The van der Waals surface area contributed by atoms with Crippen molar-refractivity contribution >= 4 is 7.32 Å². The Morgan fingerprint density at radius 3 is 1.55 bits per heavy atom. The number of benzene rings is 2. The van der Waals surface area contributed by atoms with Crippen molar-refractivity contribution in [1.29, 1.82) is 0 Å². The van der Waals surface area contributed by atoms with Crippen LogP contribution in [0.4, 0.5) is 0 Å². The minimum absolute atomic E-state index is 0.628. The minimum atomic E-state index is -1.32. The van der Waals surface area contributed by atoms with Crippen molar-refractivity contribution in [2.75, 3.05) is 0 Å². The molecule has 0 aliphatic rings. The summed E-state index contributed by atoms with van der Waals surface area (Å²) in [5.74, 6) is 1.26. The Kier molecular flexibility index (Phi) is 4.35. The monoisotopic (exact) mass is 270 g/mol. The van der Waals surface area contributed by atoms with E-state index in [2.05, 4.69) is 0 Å². The van der Waals surface area contributed by atoms with Crippen LogP contribution in [0.2, 0.25) is 0 Å². The van der Waals surface area contributed by atoms with E-state index in [0.717, 1.165) is 22.3 Å². The summed E-state index contributed by atoms with van der Waals surface area (Å²) in [6.07, 6.45) is 0. The highest BCUT2D eigenvalue weighted by Crippen LogP contribution is 2.24. The van der Waals surface area contributed by atoms with Gasteiger partial charge in [0, 0.05) is 0 Å². The van der Waals surface area contributed by atoms with E-state index >= 15 is 0 Å². The zero-order valence-electron chi connectivity index (χ0n) is 12.3. The van der Waals surface area contributed by atoms with E-state index < -0.39 is 7.32 Å². The van der Waals surface area contributed by atoms with Gasteiger partial charge in [-0.25, -0.2) is 0 Å². The van der Waals surface area contributed by atoms with Gasteiger partial charge in [-0.2, -0.15) is 0 Å². The lowest BCUT2D eigenvalue weighted by Crippen LogP contribution is -2.30. The predicted molar refractivity (Wildman–Crippen MR) is 81.1 cm³/mol.